The number of hydrogen-bond acceptors (Lipinski definition) is 3. The SMILES string of the molecule is CC(C)CCOC(=O)[C@@H](N)C(C)(C)C. The highest BCUT2D eigenvalue weighted by Crippen LogP contribution is 2.18. The van der Waals surface area contributed by atoms with Gasteiger partial charge in [-0.15, -0.1) is 0 Å². The van der Waals surface area contributed by atoms with Crippen molar-refractivity contribution in [2.24, 2.45) is 17.1 Å². The number of carbonyl (C=O) groups excluding carboxylic acids is 1. The summed E-state index contributed by atoms with van der Waals surface area (Å²) >= 11 is 0. The lowest BCUT2D eigenvalue weighted by Gasteiger charge is -2.25. The number of nitrogens with two attached hydrogens (primary N) is 1. The van der Waals surface area contributed by atoms with Crippen molar-refractivity contribution >= 4 is 5.97 Å². The predicted molar refractivity (Wildman–Crippen MR) is 57.8 cm³/mol. The zero-order chi connectivity index (χ0) is 11.4. The first-order valence-electron chi connectivity index (χ1n) is 5.17. The normalized spacial score (nSPS) is 14.2. The molecule has 0 aliphatic rings. The van der Waals surface area contributed by atoms with Crippen LogP contribution in [0.1, 0.15) is 41.0 Å². The third-order valence-electron chi connectivity index (χ3n) is 2.13. The van der Waals surface area contributed by atoms with E-state index in [4.69, 9.17) is 10.5 Å². The molecule has 0 aliphatic carbocycles. The van der Waals surface area contributed by atoms with Gasteiger partial charge in [-0.05, 0) is 17.8 Å². The molecule has 14 heavy (non-hydrogen) atoms. The van der Waals surface area contributed by atoms with Gasteiger partial charge in [0.15, 0.2) is 0 Å². The van der Waals surface area contributed by atoms with Crippen LogP contribution in [-0.2, 0) is 9.53 Å². The molecular formula is C11H23NO2. The van der Waals surface area contributed by atoms with Gasteiger partial charge in [0, 0.05) is 0 Å². The molecule has 0 aromatic carbocycles. The van der Waals surface area contributed by atoms with Crippen molar-refractivity contribution in [2.45, 2.75) is 47.1 Å². The second kappa shape index (κ2) is 5.35. The summed E-state index contributed by atoms with van der Waals surface area (Å²) in [5.41, 5.74) is 5.51. The molecule has 0 bridgehead atoms. The van der Waals surface area contributed by atoms with Crippen molar-refractivity contribution in [3.05, 3.63) is 0 Å². The molecule has 0 aromatic rings. The molecule has 0 saturated heterocycles. The number of hydrogen-bond donors (Lipinski definition) is 1. The first kappa shape index (κ1) is 13.4. The van der Waals surface area contributed by atoms with E-state index in [-0.39, 0.29) is 11.4 Å². The average molecular weight is 201 g/mol. The Morgan fingerprint density at radius 1 is 1.36 bits per heavy atom. The maximum absolute atomic E-state index is 11.4. The lowest BCUT2D eigenvalue weighted by Crippen LogP contribution is -2.43. The predicted octanol–water partition coefficient (Wildman–Crippen LogP) is 1.95. The topological polar surface area (TPSA) is 52.3 Å². The Kier molecular flexibility index (Phi) is 5.13. The zero-order valence-electron chi connectivity index (χ0n) is 9.96. The minimum Gasteiger partial charge on any atom is -0.465 e. The van der Waals surface area contributed by atoms with Gasteiger partial charge in [-0.3, -0.25) is 4.79 Å². The standard InChI is InChI=1S/C11H23NO2/c1-8(2)6-7-14-10(13)9(12)11(3,4)5/h8-9H,6-7,12H2,1-5H3/t9-/m1/s1. The number of rotatable bonds is 4. The van der Waals surface area contributed by atoms with Crippen LogP contribution in [0, 0.1) is 11.3 Å². The lowest BCUT2D eigenvalue weighted by atomic mass is 9.87. The molecule has 3 nitrogen and oxygen atoms in total. The van der Waals surface area contributed by atoms with E-state index in [9.17, 15) is 4.79 Å². The van der Waals surface area contributed by atoms with Crippen LogP contribution in [0.3, 0.4) is 0 Å². The molecule has 0 heterocycles. The fourth-order valence-corrected chi connectivity index (χ4v) is 0.839. The van der Waals surface area contributed by atoms with Crippen LogP contribution in [-0.4, -0.2) is 18.6 Å². The van der Waals surface area contributed by atoms with Crippen molar-refractivity contribution in [2.75, 3.05) is 6.61 Å². The fourth-order valence-electron chi connectivity index (χ4n) is 0.839. The Morgan fingerprint density at radius 2 is 1.86 bits per heavy atom. The Morgan fingerprint density at radius 3 is 2.21 bits per heavy atom. The van der Waals surface area contributed by atoms with E-state index in [1.165, 1.54) is 0 Å². The van der Waals surface area contributed by atoms with Crippen LogP contribution in [0.25, 0.3) is 0 Å². The van der Waals surface area contributed by atoms with Gasteiger partial charge in [0.25, 0.3) is 0 Å². The van der Waals surface area contributed by atoms with Crippen LogP contribution in [0.2, 0.25) is 0 Å². The van der Waals surface area contributed by atoms with Gasteiger partial charge in [0.2, 0.25) is 0 Å². The van der Waals surface area contributed by atoms with E-state index < -0.39 is 6.04 Å². The molecule has 0 rings (SSSR count). The summed E-state index contributed by atoms with van der Waals surface area (Å²) in [7, 11) is 0. The number of carbonyl (C=O) groups is 1. The summed E-state index contributed by atoms with van der Waals surface area (Å²) in [5, 5.41) is 0. The summed E-state index contributed by atoms with van der Waals surface area (Å²) in [5.74, 6) is 0.256. The summed E-state index contributed by atoms with van der Waals surface area (Å²) in [4.78, 5) is 11.4. The minimum absolute atomic E-state index is 0.227. The van der Waals surface area contributed by atoms with E-state index in [2.05, 4.69) is 13.8 Å². The quantitative estimate of drug-likeness (QED) is 0.707. The van der Waals surface area contributed by atoms with Gasteiger partial charge in [-0.2, -0.15) is 0 Å². The van der Waals surface area contributed by atoms with Gasteiger partial charge in [0.1, 0.15) is 6.04 Å². The van der Waals surface area contributed by atoms with E-state index in [1.807, 2.05) is 20.8 Å². The minimum atomic E-state index is -0.533. The van der Waals surface area contributed by atoms with Crippen molar-refractivity contribution in [1.82, 2.24) is 0 Å². The maximum atomic E-state index is 11.4. The Labute approximate surface area is 87.0 Å². The van der Waals surface area contributed by atoms with Crippen molar-refractivity contribution < 1.29 is 9.53 Å². The second-order valence-electron chi connectivity index (χ2n) is 5.19. The van der Waals surface area contributed by atoms with E-state index >= 15 is 0 Å². The highest BCUT2D eigenvalue weighted by Gasteiger charge is 2.28. The number of esters is 1. The molecule has 1 atom stereocenters. The molecule has 0 saturated carbocycles. The van der Waals surface area contributed by atoms with Gasteiger partial charge in [-0.1, -0.05) is 34.6 Å². The molecule has 0 unspecified atom stereocenters. The molecule has 2 N–H and O–H groups in total. The van der Waals surface area contributed by atoms with Crippen LogP contribution in [0.15, 0.2) is 0 Å². The third-order valence-corrected chi connectivity index (χ3v) is 2.13. The Balaban J connectivity index is 3.86. The largest absolute Gasteiger partial charge is 0.465 e. The summed E-state index contributed by atoms with van der Waals surface area (Å²) in [6.07, 6.45) is 0.891. The van der Waals surface area contributed by atoms with Crippen LogP contribution < -0.4 is 5.73 Å². The smallest absolute Gasteiger partial charge is 0.323 e. The lowest BCUT2D eigenvalue weighted by molar-refractivity contribution is -0.148. The van der Waals surface area contributed by atoms with Crippen LogP contribution in [0.5, 0.6) is 0 Å². The van der Waals surface area contributed by atoms with Gasteiger partial charge >= 0.3 is 5.97 Å². The molecule has 0 fully saturated rings. The monoisotopic (exact) mass is 201 g/mol. The van der Waals surface area contributed by atoms with Crippen molar-refractivity contribution in [3.8, 4) is 0 Å². The highest BCUT2D eigenvalue weighted by atomic mass is 16.5. The summed E-state index contributed by atoms with van der Waals surface area (Å²) in [6.45, 7) is 10.5. The molecule has 0 aromatic heterocycles. The molecule has 0 radical (unpaired) electrons. The molecule has 0 amide bonds. The van der Waals surface area contributed by atoms with Crippen molar-refractivity contribution in [3.63, 3.8) is 0 Å². The van der Waals surface area contributed by atoms with Crippen LogP contribution >= 0.6 is 0 Å². The van der Waals surface area contributed by atoms with E-state index in [0.717, 1.165) is 6.42 Å². The van der Waals surface area contributed by atoms with Crippen molar-refractivity contribution in [1.29, 1.82) is 0 Å². The molecule has 84 valence electrons. The molecule has 0 spiro atoms. The molecule has 3 heteroatoms. The second-order valence-corrected chi connectivity index (χ2v) is 5.19. The first-order valence-corrected chi connectivity index (χ1v) is 5.17. The summed E-state index contributed by atoms with van der Waals surface area (Å²) in [6, 6.07) is -0.533. The van der Waals surface area contributed by atoms with Crippen LogP contribution in [0.4, 0.5) is 0 Å². The van der Waals surface area contributed by atoms with Gasteiger partial charge in [-0.25, -0.2) is 0 Å². The zero-order valence-corrected chi connectivity index (χ0v) is 9.96. The van der Waals surface area contributed by atoms with E-state index in [0.29, 0.717) is 12.5 Å². The third kappa shape index (κ3) is 5.22. The fraction of sp³-hybridized carbons (Fsp3) is 0.909. The van der Waals surface area contributed by atoms with Gasteiger partial charge in [0.05, 0.1) is 6.61 Å². The average Bonchev–Trinajstić information content (AvgIpc) is 2.00. The van der Waals surface area contributed by atoms with Gasteiger partial charge < -0.3 is 10.5 Å². The first-order chi connectivity index (χ1) is 6.25. The molecular weight excluding hydrogens is 178 g/mol. The van der Waals surface area contributed by atoms with E-state index in [1.54, 1.807) is 0 Å². The Bertz CT molecular complexity index is 182. The highest BCUT2D eigenvalue weighted by molar-refractivity contribution is 5.76. The molecule has 0 aliphatic heterocycles. The Hall–Kier alpha value is -0.570. The maximum Gasteiger partial charge on any atom is 0.323 e. The summed E-state index contributed by atoms with van der Waals surface area (Å²) < 4.78 is 5.08. The number of ether oxygens (including phenoxy) is 1.